The summed E-state index contributed by atoms with van der Waals surface area (Å²) >= 11 is 8.12. The van der Waals surface area contributed by atoms with E-state index < -0.39 is 11.7 Å². The summed E-state index contributed by atoms with van der Waals surface area (Å²) in [6.07, 6.45) is 4.69. The molecule has 3 aromatic heterocycles. The molecule has 44 heavy (non-hydrogen) atoms. The lowest BCUT2D eigenvalue weighted by molar-refractivity contribution is -0.119. The average molecular weight is 646 g/mol. The van der Waals surface area contributed by atoms with Crippen LogP contribution in [-0.2, 0) is 27.4 Å². The number of fused-ring (bicyclic) bond motifs is 1. The van der Waals surface area contributed by atoms with Crippen molar-refractivity contribution >= 4 is 46.8 Å². The van der Waals surface area contributed by atoms with Gasteiger partial charge in [-0.3, -0.25) is 4.79 Å². The Morgan fingerprint density at radius 1 is 1.25 bits per heavy atom. The van der Waals surface area contributed by atoms with E-state index in [9.17, 15) is 14.7 Å². The minimum atomic E-state index is -0.583. The van der Waals surface area contributed by atoms with E-state index in [0.717, 1.165) is 23.4 Å². The van der Waals surface area contributed by atoms with Gasteiger partial charge in [0.25, 0.3) is 0 Å². The molecule has 2 aliphatic heterocycles. The monoisotopic (exact) mass is 645 g/mol. The topological polar surface area (TPSA) is 143 Å². The number of ether oxygens (including phenoxy) is 2. The molecular formula is C30H40ClN7O5S. The van der Waals surface area contributed by atoms with Crippen LogP contribution in [0, 0.1) is 12.3 Å². The number of piperidine rings is 1. The summed E-state index contributed by atoms with van der Waals surface area (Å²) in [7, 11) is 0. The number of hydrogen-bond acceptors (Lipinski definition) is 10. The minimum Gasteiger partial charge on any atom is -0.444 e. The van der Waals surface area contributed by atoms with Crippen molar-refractivity contribution in [3.63, 3.8) is 0 Å². The zero-order valence-corrected chi connectivity index (χ0v) is 27.5. The van der Waals surface area contributed by atoms with Crippen molar-refractivity contribution in [2.24, 2.45) is 5.41 Å². The highest BCUT2D eigenvalue weighted by Gasteiger charge is 2.50. The molecule has 0 aliphatic carbocycles. The summed E-state index contributed by atoms with van der Waals surface area (Å²) in [5.74, 6) is 0.525. The summed E-state index contributed by atoms with van der Waals surface area (Å²) in [6, 6.07) is 1.72. The Hall–Kier alpha value is -3.13. The van der Waals surface area contributed by atoms with Crippen molar-refractivity contribution in [3.05, 3.63) is 40.6 Å². The number of aliphatic hydroxyl groups excluding tert-OH is 1. The predicted molar refractivity (Wildman–Crippen MR) is 167 cm³/mol. The second-order valence-corrected chi connectivity index (χ2v) is 13.9. The van der Waals surface area contributed by atoms with Gasteiger partial charge < -0.3 is 34.5 Å². The molecule has 12 nitrogen and oxygen atoms in total. The fourth-order valence-corrected chi connectivity index (χ4v) is 7.01. The van der Waals surface area contributed by atoms with Gasteiger partial charge in [0.05, 0.1) is 48.3 Å². The van der Waals surface area contributed by atoms with E-state index >= 15 is 0 Å². The van der Waals surface area contributed by atoms with Crippen LogP contribution in [0.3, 0.4) is 0 Å². The van der Waals surface area contributed by atoms with Crippen molar-refractivity contribution in [2.75, 3.05) is 24.6 Å². The van der Waals surface area contributed by atoms with Crippen LogP contribution in [-0.4, -0.2) is 73.9 Å². The third-order valence-electron chi connectivity index (χ3n) is 8.03. The fourth-order valence-electron chi connectivity index (χ4n) is 5.82. The van der Waals surface area contributed by atoms with Gasteiger partial charge in [0.1, 0.15) is 16.3 Å². The molecule has 0 bridgehead atoms. The molecule has 5 rings (SSSR count). The molecule has 2 atom stereocenters. The van der Waals surface area contributed by atoms with E-state index in [1.807, 2.05) is 57.5 Å². The second kappa shape index (κ2) is 12.7. The lowest BCUT2D eigenvalue weighted by Crippen LogP contribution is -2.55. The summed E-state index contributed by atoms with van der Waals surface area (Å²) < 4.78 is 13.4. The second-order valence-electron chi connectivity index (χ2n) is 12.5. The molecule has 5 heterocycles. The Morgan fingerprint density at radius 3 is 2.64 bits per heavy atom. The number of alkyl carbamates (subject to hydrolysis) is 1. The van der Waals surface area contributed by atoms with Crippen LogP contribution < -0.4 is 15.5 Å². The quantitative estimate of drug-likeness (QED) is 0.341. The third kappa shape index (κ3) is 6.90. The molecule has 3 aromatic rings. The van der Waals surface area contributed by atoms with E-state index in [1.54, 1.807) is 0 Å². The highest BCUT2D eigenvalue weighted by atomic mass is 35.5. The zero-order valence-electron chi connectivity index (χ0n) is 25.9. The van der Waals surface area contributed by atoms with Gasteiger partial charge in [-0.15, -0.1) is 0 Å². The predicted octanol–water partition coefficient (Wildman–Crippen LogP) is 4.26. The molecule has 2 saturated heterocycles. The van der Waals surface area contributed by atoms with Gasteiger partial charge in [-0.1, -0.05) is 23.4 Å². The normalized spacial score (nSPS) is 19.9. The number of rotatable bonds is 7. The van der Waals surface area contributed by atoms with Crippen molar-refractivity contribution in [2.45, 2.75) is 95.2 Å². The van der Waals surface area contributed by atoms with Crippen molar-refractivity contribution < 1.29 is 24.2 Å². The maximum atomic E-state index is 12.6. The van der Waals surface area contributed by atoms with Gasteiger partial charge in [-0.2, -0.15) is 0 Å². The summed E-state index contributed by atoms with van der Waals surface area (Å²) in [5, 5.41) is 17.2. The first-order valence-electron chi connectivity index (χ1n) is 14.7. The Labute approximate surface area is 266 Å². The van der Waals surface area contributed by atoms with E-state index in [1.165, 1.54) is 18.7 Å². The number of aliphatic hydroxyl groups is 1. The standard InChI is InChI=1S/C30H40ClN7O5S/c1-17-27(44-22-7-10-38-14-20(13-32-19(3)40)34-26(38)23(22)31)35-21(15-39)25(33-17)37-11-8-30(9-12-37)16-42-18(2)24(30)36-28(41)43-29(4,5)6/h7,10,14,18,24,39H,8-9,11-13,15-16H2,1-6H3,(H,32,40)(H,36,41)/t18-,24+/m0/s1. The van der Waals surface area contributed by atoms with Crippen LogP contribution in [0.5, 0.6) is 0 Å². The van der Waals surface area contributed by atoms with E-state index in [4.69, 9.17) is 31.0 Å². The Bertz CT molecular complexity index is 1550. The molecule has 3 N–H and O–H groups in total. The number of anilines is 1. The molecule has 2 aliphatic rings. The van der Waals surface area contributed by atoms with Gasteiger partial charge in [0, 0.05) is 42.7 Å². The van der Waals surface area contributed by atoms with Crippen LogP contribution in [0.25, 0.3) is 5.65 Å². The summed E-state index contributed by atoms with van der Waals surface area (Å²) in [4.78, 5) is 41.1. The maximum absolute atomic E-state index is 12.6. The summed E-state index contributed by atoms with van der Waals surface area (Å²) in [5.41, 5.74) is 1.68. The van der Waals surface area contributed by atoms with Crippen LogP contribution in [0.1, 0.15) is 64.5 Å². The number of hydrogen-bond donors (Lipinski definition) is 3. The number of aromatic nitrogens is 4. The van der Waals surface area contributed by atoms with Gasteiger partial charge in [0.2, 0.25) is 5.91 Å². The molecule has 14 heteroatoms. The lowest BCUT2D eigenvalue weighted by atomic mass is 9.73. The van der Waals surface area contributed by atoms with Crippen LogP contribution in [0.2, 0.25) is 5.02 Å². The SMILES string of the molecule is CC(=O)NCc1cn2ccc(Sc3nc(CO)c(N4CCC5(CC4)CO[C@@H](C)[C@H]5NC(=O)OC(C)(C)C)nc3C)c(Cl)c2n1. The number of nitrogens with zero attached hydrogens (tertiary/aromatic N) is 5. The number of pyridine rings is 1. The van der Waals surface area contributed by atoms with Crippen LogP contribution in [0.15, 0.2) is 28.4 Å². The van der Waals surface area contributed by atoms with Gasteiger partial charge >= 0.3 is 6.09 Å². The Kier molecular flexibility index (Phi) is 9.31. The number of carbonyl (C=O) groups excluding carboxylic acids is 2. The molecule has 238 valence electrons. The average Bonchev–Trinajstić information content (AvgIpc) is 3.51. The van der Waals surface area contributed by atoms with Crippen molar-refractivity contribution in [3.8, 4) is 0 Å². The first kappa shape index (κ1) is 32.3. The molecule has 0 aromatic carbocycles. The third-order valence-corrected chi connectivity index (χ3v) is 9.65. The smallest absolute Gasteiger partial charge is 0.407 e. The fraction of sp³-hybridized carbons (Fsp3) is 0.567. The highest BCUT2D eigenvalue weighted by molar-refractivity contribution is 7.99. The first-order chi connectivity index (χ1) is 20.8. The largest absolute Gasteiger partial charge is 0.444 e. The van der Waals surface area contributed by atoms with Crippen molar-refractivity contribution in [1.82, 2.24) is 30.0 Å². The molecular weight excluding hydrogens is 606 g/mol. The highest BCUT2D eigenvalue weighted by Crippen LogP contribution is 2.44. The number of halogens is 1. The van der Waals surface area contributed by atoms with E-state index in [0.29, 0.717) is 59.1 Å². The van der Waals surface area contributed by atoms with Crippen molar-refractivity contribution in [1.29, 1.82) is 0 Å². The molecule has 0 saturated carbocycles. The van der Waals surface area contributed by atoms with Crippen LogP contribution in [0.4, 0.5) is 10.6 Å². The number of imidazole rings is 1. The van der Waals surface area contributed by atoms with Crippen LogP contribution >= 0.6 is 23.4 Å². The molecule has 0 unspecified atom stereocenters. The lowest BCUT2D eigenvalue weighted by Gasteiger charge is -2.43. The number of aryl methyl sites for hydroxylation is 1. The van der Waals surface area contributed by atoms with E-state index in [-0.39, 0.29) is 30.1 Å². The number of carbonyl (C=O) groups is 2. The van der Waals surface area contributed by atoms with Gasteiger partial charge in [-0.25, -0.2) is 19.7 Å². The zero-order chi connectivity index (χ0) is 31.8. The van der Waals surface area contributed by atoms with E-state index in [2.05, 4.69) is 20.5 Å². The Balaban J connectivity index is 1.30. The summed E-state index contributed by atoms with van der Waals surface area (Å²) in [6.45, 7) is 12.9. The first-order valence-corrected chi connectivity index (χ1v) is 15.9. The molecule has 2 amide bonds. The molecule has 1 spiro atoms. The van der Waals surface area contributed by atoms with Gasteiger partial charge in [-0.05, 0) is 53.5 Å². The van der Waals surface area contributed by atoms with Gasteiger partial charge in [0.15, 0.2) is 11.5 Å². The minimum absolute atomic E-state index is 0.128. The molecule has 0 radical (unpaired) electrons. The molecule has 2 fully saturated rings. The Morgan fingerprint density at radius 2 is 1.98 bits per heavy atom. The maximum Gasteiger partial charge on any atom is 0.407 e. The number of nitrogens with one attached hydrogen (secondary N) is 2. The number of amides is 2.